The van der Waals surface area contributed by atoms with Gasteiger partial charge in [0.2, 0.25) is 0 Å². The highest BCUT2D eigenvalue weighted by atomic mass is 33.1. The van der Waals surface area contributed by atoms with Crippen molar-refractivity contribution in [3.63, 3.8) is 0 Å². The Morgan fingerprint density at radius 1 is 1.62 bits per heavy atom. The standard InChI is InChI=1S/C4H10OS3/c1-6-7-3-4-8(2)5/h3-4H2,1-2H3. The van der Waals surface area contributed by atoms with Gasteiger partial charge in [0.1, 0.15) is 0 Å². The van der Waals surface area contributed by atoms with Gasteiger partial charge in [0.15, 0.2) is 0 Å². The lowest BCUT2D eigenvalue weighted by atomic mass is 11.0. The SMILES string of the molecule is CSSCCS(C)=O. The molecule has 0 aromatic carbocycles. The maximum atomic E-state index is 10.4. The zero-order chi connectivity index (χ0) is 6.41. The van der Waals surface area contributed by atoms with Crippen molar-refractivity contribution in [3.05, 3.63) is 0 Å². The zero-order valence-corrected chi connectivity index (χ0v) is 7.50. The van der Waals surface area contributed by atoms with Gasteiger partial charge >= 0.3 is 0 Å². The third kappa shape index (κ3) is 6.85. The fourth-order valence-electron chi connectivity index (χ4n) is 0.235. The van der Waals surface area contributed by atoms with Crippen LogP contribution in [0.15, 0.2) is 0 Å². The van der Waals surface area contributed by atoms with Crippen molar-refractivity contribution in [1.82, 2.24) is 0 Å². The van der Waals surface area contributed by atoms with Crippen LogP contribution in [0.4, 0.5) is 0 Å². The van der Waals surface area contributed by atoms with Gasteiger partial charge in [-0.3, -0.25) is 4.21 Å². The van der Waals surface area contributed by atoms with Gasteiger partial charge in [-0.1, -0.05) is 21.6 Å². The minimum absolute atomic E-state index is 0.601. The summed E-state index contributed by atoms with van der Waals surface area (Å²) in [5.74, 6) is 1.83. The van der Waals surface area contributed by atoms with Crippen LogP contribution in [0.2, 0.25) is 0 Å². The lowest BCUT2D eigenvalue weighted by molar-refractivity contribution is 0.687. The van der Waals surface area contributed by atoms with Crippen molar-refractivity contribution >= 4 is 32.4 Å². The largest absolute Gasteiger partial charge is 0.260 e. The van der Waals surface area contributed by atoms with Gasteiger partial charge < -0.3 is 0 Å². The van der Waals surface area contributed by atoms with Gasteiger partial charge in [-0.2, -0.15) is 0 Å². The van der Waals surface area contributed by atoms with E-state index in [4.69, 9.17) is 0 Å². The molecule has 0 saturated carbocycles. The first-order chi connectivity index (χ1) is 3.77. The van der Waals surface area contributed by atoms with Crippen LogP contribution in [0.3, 0.4) is 0 Å². The molecule has 0 aliphatic rings. The highest BCUT2D eigenvalue weighted by molar-refractivity contribution is 8.76. The zero-order valence-electron chi connectivity index (χ0n) is 5.05. The molecule has 1 atom stereocenters. The van der Waals surface area contributed by atoms with Crippen LogP contribution in [0.25, 0.3) is 0 Å². The van der Waals surface area contributed by atoms with Crippen molar-refractivity contribution < 1.29 is 4.21 Å². The van der Waals surface area contributed by atoms with Crippen LogP contribution in [0.5, 0.6) is 0 Å². The molecule has 0 aliphatic heterocycles. The van der Waals surface area contributed by atoms with Crippen LogP contribution in [-0.2, 0) is 10.8 Å². The average Bonchev–Trinajstić information content (AvgIpc) is 1.66. The fraction of sp³-hybridized carbons (Fsp3) is 1.00. The molecule has 0 amide bonds. The van der Waals surface area contributed by atoms with E-state index in [2.05, 4.69) is 0 Å². The van der Waals surface area contributed by atoms with Gasteiger partial charge in [0, 0.05) is 28.6 Å². The van der Waals surface area contributed by atoms with Crippen molar-refractivity contribution in [3.8, 4) is 0 Å². The van der Waals surface area contributed by atoms with E-state index in [-0.39, 0.29) is 0 Å². The second-order valence-corrected chi connectivity index (χ2v) is 5.50. The van der Waals surface area contributed by atoms with E-state index in [1.165, 1.54) is 0 Å². The molecule has 0 aliphatic carbocycles. The fourth-order valence-corrected chi connectivity index (χ4v) is 2.72. The molecule has 0 radical (unpaired) electrons. The summed E-state index contributed by atoms with van der Waals surface area (Å²) in [5, 5.41) is 0. The quantitative estimate of drug-likeness (QED) is 0.469. The summed E-state index contributed by atoms with van der Waals surface area (Å²) in [4.78, 5) is 0. The lowest BCUT2D eigenvalue weighted by Gasteiger charge is -1.91. The molecule has 4 heteroatoms. The molecule has 0 rings (SSSR count). The molecule has 0 heterocycles. The Morgan fingerprint density at radius 2 is 2.25 bits per heavy atom. The van der Waals surface area contributed by atoms with E-state index in [1.807, 2.05) is 6.26 Å². The summed E-state index contributed by atoms with van der Waals surface area (Å²) < 4.78 is 10.4. The topological polar surface area (TPSA) is 17.1 Å². The molecule has 0 aromatic heterocycles. The maximum absolute atomic E-state index is 10.4. The first-order valence-corrected chi connectivity index (χ1v) is 6.68. The second-order valence-electron chi connectivity index (χ2n) is 1.27. The molecule has 8 heavy (non-hydrogen) atoms. The van der Waals surface area contributed by atoms with Crippen LogP contribution in [0, 0.1) is 0 Å². The second kappa shape index (κ2) is 5.98. The third-order valence-corrected chi connectivity index (χ3v) is 3.42. The van der Waals surface area contributed by atoms with Gasteiger partial charge in [-0.15, -0.1) is 0 Å². The molecule has 0 spiro atoms. The van der Waals surface area contributed by atoms with Crippen LogP contribution in [-0.4, -0.2) is 28.2 Å². The van der Waals surface area contributed by atoms with Gasteiger partial charge in [-0.05, 0) is 6.26 Å². The third-order valence-electron chi connectivity index (χ3n) is 0.572. The van der Waals surface area contributed by atoms with E-state index in [0.29, 0.717) is 0 Å². The van der Waals surface area contributed by atoms with Gasteiger partial charge in [0.25, 0.3) is 0 Å². The van der Waals surface area contributed by atoms with Crippen LogP contribution >= 0.6 is 21.6 Å². The monoisotopic (exact) mass is 170 g/mol. The average molecular weight is 170 g/mol. The molecule has 0 saturated heterocycles. The molecule has 0 aromatic rings. The van der Waals surface area contributed by atoms with Crippen molar-refractivity contribution in [1.29, 1.82) is 0 Å². The van der Waals surface area contributed by atoms with Crippen molar-refractivity contribution in [2.24, 2.45) is 0 Å². The Morgan fingerprint density at radius 3 is 2.62 bits per heavy atom. The molecule has 1 nitrogen and oxygen atoms in total. The molecular weight excluding hydrogens is 160 g/mol. The van der Waals surface area contributed by atoms with E-state index in [0.717, 1.165) is 11.5 Å². The van der Waals surface area contributed by atoms with Crippen molar-refractivity contribution in [2.45, 2.75) is 0 Å². The summed E-state index contributed by atoms with van der Waals surface area (Å²) in [7, 11) is 2.88. The predicted octanol–water partition coefficient (Wildman–Crippen LogP) is 1.38. The smallest absolute Gasteiger partial charge is 0.0331 e. The molecular formula is C4H10OS3. The maximum Gasteiger partial charge on any atom is 0.0331 e. The summed E-state index contributed by atoms with van der Waals surface area (Å²) >= 11 is 0. The first kappa shape index (κ1) is 8.85. The Balaban J connectivity index is 2.82. The Labute approximate surface area is 60.9 Å². The first-order valence-electron chi connectivity index (χ1n) is 2.23. The normalized spacial score (nSPS) is 13.8. The minimum atomic E-state index is -0.601. The molecule has 0 N–H and O–H groups in total. The summed E-state index contributed by atoms with van der Waals surface area (Å²) in [6, 6.07) is 0. The molecule has 50 valence electrons. The van der Waals surface area contributed by atoms with Crippen LogP contribution in [0.1, 0.15) is 0 Å². The predicted molar refractivity (Wildman–Crippen MR) is 44.9 cm³/mol. The van der Waals surface area contributed by atoms with E-state index in [9.17, 15) is 4.21 Å². The van der Waals surface area contributed by atoms with Gasteiger partial charge in [-0.25, -0.2) is 0 Å². The Kier molecular flexibility index (Phi) is 6.61. The Hall–Kier alpha value is 0.850. The number of hydrogen-bond acceptors (Lipinski definition) is 3. The highest BCUT2D eigenvalue weighted by Gasteiger charge is 1.88. The summed E-state index contributed by atoms with van der Waals surface area (Å²) in [6.45, 7) is 0. The minimum Gasteiger partial charge on any atom is -0.260 e. The van der Waals surface area contributed by atoms with Gasteiger partial charge in [0.05, 0.1) is 0 Å². The summed E-state index contributed by atoms with van der Waals surface area (Å²) in [5.41, 5.74) is 0. The number of hydrogen-bond donors (Lipinski definition) is 0. The lowest BCUT2D eigenvalue weighted by Crippen LogP contribution is -1.94. The van der Waals surface area contributed by atoms with Crippen LogP contribution < -0.4 is 0 Å². The summed E-state index contributed by atoms with van der Waals surface area (Å²) in [6.07, 6.45) is 3.77. The molecule has 1 unspecified atom stereocenters. The van der Waals surface area contributed by atoms with E-state index in [1.54, 1.807) is 27.8 Å². The van der Waals surface area contributed by atoms with E-state index < -0.39 is 10.8 Å². The highest BCUT2D eigenvalue weighted by Crippen LogP contribution is 2.15. The molecule has 0 fully saturated rings. The number of rotatable bonds is 4. The van der Waals surface area contributed by atoms with Crippen molar-refractivity contribution in [2.75, 3.05) is 24.0 Å². The molecule has 0 bridgehead atoms. The van der Waals surface area contributed by atoms with E-state index >= 15 is 0 Å². The Bertz CT molecular complexity index is 73.7.